The zero-order valence-corrected chi connectivity index (χ0v) is 17.8. The van der Waals surface area contributed by atoms with Crippen LogP contribution in [0.15, 0.2) is 14.2 Å². The summed E-state index contributed by atoms with van der Waals surface area (Å²) in [7, 11) is -3.58. The lowest BCUT2D eigenvalue weighted by Gasteiger charge is -2.35. The Kier molecular flexibility index (Phi) is 5.74. The number of piperazine rings is 1. The first-order valence-electron chi connectivity index (χ1n) is 10.2. The molecule has 0 aliphatic carbocycles. The fourth-order valence-corrected chi connectivity index (χ4v) is 5.92. The molecule has 2 aliphatic rings. The van der Waals surface area contributed by atoms with E-state index in [0.29, 0.717) is 44.2 Å². The van der Waals surface area contributed by atoms with E-state index in [-0.39, 0.29) is 10.6 Å². The van der Waals surface area contributed by atoms with Crippen molar-refractivity contribution in [3.8, 4) is 0 Å². The molecule has 4 rings (SSSR count). The van der Waals surface area contributed by atoms with Crippen molar-refractivity contribution < 1.29 is 13.3 Å². The van der Waals surface area contributed by atoms with Crippen molar-refractivity contribution in [2.75, 3.05) is 32.7 Å². The van der Waals surface area contributed by atoms with E-state index < -0.39 is 10.4 Å². The van der Waals surface area contributed by atoms with Crippen LogP contribution in [0.1, 0.15) is 36.5 Å². The predicted octanol–water partition coefficient (Wildman–Crippen LogP) is 0.598. The fourth-order valence-electron chi connectivity index (χ4n) is 4.20. The molecule has 1 saturated heterocycles. The molecule has 2 aliphatic heterocycles. The van der Waals surface area contributed by atoms with Crippen LogP contribution >= 0.6 is 0 Å². The second-order valence-corrected chi connectivity index (χ2v) is 9.66. The summed E-state index contributed by atoms with van der Waals surface area (Å²) in [4.78, 5) is 14.8. The van der Waals surface area contributed by atoms with Gasteiger partial charge in [-0.3, -0.25) is 4.57 Å². The Morgan fingerprint density at radius 1 is 1.10 bits per heavy atom. The Balaban J connectivity index is 1.29. The van der Waals surface area contributed by atoms with Crippen LogP contribution in [0.2, 0.25) is 0 Å². The lowest BCUT2D eigenvalue weighted by Crippen LogP contribution is -2.51. The van der Waals surface area contributed by atoms with Gasteiger partial charge in [0.25, 0.3) is 0 Å². The van der Waals surface area contributed by atoms with Gasteiger partial charge in [-0.15, -0.1) is 4.31 Å². The highest BCUT2D eigenvalue weighted by Crippen LogP contribution is 2.28. The van der Waals surface area contributed by atoms with Gasteiger partial charge >= 0.3 is 5.69 Å². The molecule has 0 saturated carbocycles. The average Bonchev–Trinajstić information content (AvgIpc) is 3.22. The summed E-state index contributed by atoms with van der Waals surface area (Å²) in [6.45, 7) is 7.65. The Hall–Kier alpha value is -1.82. The normalized spacial score (nSPS) is 20.5. The van der Waals surface area contributed by atoms with Gasteiger partial charge in [-0.2, -0.15) is 5.10 Å². The average molecular weight is 425 g/mol. The molecule has 0 N–H and O–H groups in total. The van der Waals surface area contributed by atoms with Crippen LogP contribution in [0.4, 0.5) is 0 Å². The molecule has 1 unspecified atom stereocenters. The largest absolute Gasteiger partial charge is 0.593 e. The highest BCUT2D eigenvalue weighted by molar-refractivity contribution is 7.95. The van der Waals surface area contributed by atoms with Crippen molar-refractivity contribution in [3.63, 3.8) is 0 Å². The van der Waals surface area contributed by atoms with Crippen LogP contribution in [0.3, 0.4) is 0 Å². The third-order valence-electron chi connectivity index (χ3n) is 5.77. The molecule has 0 spiro atoms. The van der Waals surface area contributed by atoms with E-state index in [1.165, 1.54) is 4.31 Å². The lowest BCUT2D eigenvalue weighted by molar-refractivity contribution is 0.176. The molecule has 0 amide bonds. The van der Waals surface area contributed by atoms with Crippen LogP contribution in [-0.2, 0) is 34.1 Å². The Morgan fingerprint density at radius 3 is 2.52 bits per heavy atom. The van der Waals surface area contributed by atoms with Crippen molar-refractivity contribution in [3.05, 3.63) is 27.8 Å². The fraction of sp³-hybridized carbons (Fsp3) is 0.722. The number of aromatic nitrogens is 4. The predicted molar refractivity (Wildman–Crippen MR) is 105 cm³/mol. The Morgan fingerprint density at radius 2 is 1.86 bits per heavy atom. The van der Waals surface area contributed by atoms with Crippen LogP contribution in [-0.4, -0.2) is 66.0 Å². The molecule has 1 fully saturated rings. The zero-order chi connectivity index (χ0) is 20.6. The number of rotatable bonds is 6. The molecule has 29 heavy (non-hydrogen) atoms. The molecular formula is C18H28N6O4S. The van der Waals surface area contributed by atoms with Crippen molar-refractivity contribution >= 4 is 10.4 Å². The maximum atomic E-state index is 12.9. The summed E-state index contributed by atoms with van der Waals surface area (Å²) in [6.07, 6.45) is 3.83. The minimum atomic E-state index is -3.58. The second-order valence-electron chi connectivity index (χ2n) is 7.78. The van der Waals surface area contributed by atoms with E-state index in [1.54, 1.807) is 23.1 Å². The maximum absolute atomic E-state index is 12.9. The number of sulfonamides is 1. The van der Waals surface area contributed by atoms with Crippen molar-refractivity contribution in [1.82, 2.24) is 28.7 Å². The van der Waals surface area contributed by atoms with Gasteiger partial charge in [-0.1, -0.05) is 9.37 Å². The topological polar surface area (TPSA) is 112 Å². The third kappa shape index (κ3) is 3.96. The van der Waals surface area contributed by atoms with E-state index in [2.05, 4.69) is 15.2 Å². The first kappa shape index (κ1) is 20.5. The van der Waals surface area contributed by atoms with E-state index in [1.807, 2.05) is 0 Å². The number of nitrogens with zero attached hydrogens (tertiary/aromatic N) is 6. The second kappa shape index (κ2) is 8.13. The monoisotopic (exact) mass is 424 g/mol. The van der Waals surface area contributed by atoms with Crippen LogP contribution in [0.25, 0.3) is 0 Å². The lowest BCUT2D eigenvalue weighted by atomic mass is 10.2. The molecule has 160 valence electrons. The van der Waals surface area contributed by atoms with Crippen LogP contribution < -0.4 is 5.69 Å². The third-order valence-corrected chi connectivity index (χ3v) is 7.92. The molecule has 0 radical (unpaired) electrons. The molecule has 4 heterocycles. The van der Waals surface area contributed by atoms with Gasteiger partial charge in [0.05, 0.1) is 13.1 Å². The van der Waals surface area contributed by atoms with E-state index in [4.69, 9.17) is 4.52 Å². The first-order valence-corrected chi connectivity index (χ1v) is 11.6. The van der Waals surface area contributed by atoms with Crippen molar-refractivity contribution in [1.29, 1.82) is 0 Å². The standard InChI is InChI=1S/C18H28N6O4S/c1-14-17(15(2)28-20-14)29(26,27)22-12-10-21(11-13-22)7-5-9-24-18(25)23-8-4-3-6-16(23)19-24/h3-13H2,1-2H3. The van der Waals surface area contributed by atoms with Gasteiger partial charge in [0, 0.05) is 46.1 Å². The van der Waals surface area contributed by atoms with E-state index in [0.717, 1.165) is 44.6 Å². The number of aryl methyl sites for hydroxylation is 4. The van der Waals surface area contributed by atoms with Crippen LogP contribution in [0.5, 0.6) is 0 Å². The molecule has 2 aromatic rings. The first-order chi connectivity index (χ1) is 13.9. The molecule has 1 atom stereocenters. The Labute approximate surface area is 170 Å². The summed E-state index contributed by atoms with van der Waals surface area (Å²) in [5.74, 6) is 1.23. The van der Waals surface area contributed by atoms with Crippen LogP contribution in [0, 0.1) is 13.8 Å². The quantitative estimate of drug-likeness (QED) is 0.624. The summed E-state index contributed by atoms with van der Waals surface area (Å²) in [5, 5.41) is 8.23. The van der Waals surface area contributed by atoms with Gasteiger partial charge < -0.3 is 14.0 Å². The number of fused-ring (bicyclic) bond motifs is 1. The number of hydrogen-bond donors (Lipinski definition) is 0. The van der Waals surface area contributed by atoms with E-state index in [9.17, 15) is 13.6 Å². The summed E-state index contributed by atoms with van der Waals surface area (Å²) in [6, 6.07) is 0. The molecule has 2 aromatic heterocycles. The minimum absolute atomic E-state index is 0.00456. The smallest absolute Gasteiger partial charge is 0.345 e. The van der Waals surface area contributed by atoms with Gasteiger partial charge in [-0.25, -0.2) is 9.48 Å². The SMILES string of the molecule is Cc1noc(C)c1[S+](=O)([O-])N1CCN(CCCn2nc3n(c2=O)CCCC3)CC1. The van der Waals surface area contributed by atoms with Gasteiger partial charge in [0.15, 0.2) is 16.2 Å². The van der Waals surface area contributed by atoms with Gasteiger partial charge in [0.1, 0.15) is 11.5 Å². The highest BCUT2D eigenvalue weighted by atomic mass is 32.3. The molecule has 0 bridgehead atoms. The summed E-state index contributed by atoms with van der Waals surface area (Å²) >= 11 is 0. The Bertz CT molecular complexity index is 952. The summed E-state index contributed by atoms with van der Waals surface area (Å²) in [5.41, 5.74) is 0.396. The zero-order valence-electron chi connectivity index (χ0n) is 17.0. The molecule has 11 heteroatoms. The number of hydrogen-bond acceptors (Lipinski definition) is 7. The minimum Gasteiger partial charge on any atom is -0.593 e. The van der Waals surface area contributed by atoms with Gasteiger partial charge in [0.2, 0.25) is 4.90 Å². The highest BCUT2D eigenvalue weighted by Gasteiger charge is 2.38. The van der Waals surface area contributed by atoms with Crippen molar-refractivity contribution in [2.45, 2.75) is 57.5 Å². The molecule has 0 aromatic carbocycles. The van der Waals surface area contributed by atoms with Gasteiger partial charge in [-0.05, 0) is 26.2 Å². The molecular weight excluding hydrogens is 396 g/mol. The van der Waals surface area contributed by atoms with Crippen molar-refractivity contribution in [2.24, 2.45) is 0 Å². The van der Waals surface area contributed by atoms with E-state index >= 15 is 0 Å². The maximum Gasteiger partial charge on any atom is 0.345 e. The molecule has 10 nitrogen and oxygen atoms in total. The summed E-state index contributed by atoms with van der Waals surface area (Å²) < 4.78 is 35.7.